The number of nitrogens with zero attached hydrogens (tertiary/aromatic N) is 1. The fourth-order valence-electron chi connectivity index (χ4n) is 3.15. The van der Waals surface area contributed by atoms with Crippen LogP contribution in [0.3, 0.4) is 0 Å². The Morgan fingerprint density at radius 1 is 1.03 bits per heavy atom. The summed E-state index contributed by atoms with van der Waals surface area (Å²) in [7, 11) is 0. The van der Waals surface area contributed by atoms with E-state index in [1.54, 1.807) is 36.4 Å². The lowest BCUT2D eigenvalue weighted by molar-refractivity contribution is -0.139. The summed E-state index contributed by atoms with van der Waals surface area (Å²) in [6.45, 7) is 4.13. The first-order chi connectivity index (χ1) is 18.2. The van der Waals surface area contributed by atoms with Crippen molar-refractivity contribution in [1.82, 2.24) is 10.7 Å². The Kier molecular flexibility index (Phi) is 10.9. The molecule has 0 saturated heterocycles. The zero-order valence-corrected chi connectivity index (χ0v) is 23.6. The number of carbonyl (C=O) groups excluding carboxylic acids is 3. The smallest absolute Gasteiger partial charge is 0.329 e. The van der Waals surface area contributed by atoms with Crippen LogP contribution in [0.4, 0.5) is 5.69 Å². The summed E-state index contributed by atoms with van der Waals surface area (Å²) in [4.78, 5) is 36.4. The average Bonchev–Trinajstić information content (AvgIpc) is 2.88. The minimum absolute atomic E-state index is 0.227. The van der Waals surface area contributed by atoms with Crippen LogP contribution in [0.1, 0.15) is 23.6 Å². The van der Waals surface area contributed by atoms with E-state index >= 15 is 0 Å². The van der Waals surface area contributed by atoms with Crippen molar-refractivity contribution in [1.29, 1.82) is 0 Å². The number of aryl methyl sites for hydroxylation is 1. The third-order valence-electron chi connectivity index (χ3n) is 4.95. The Bertz CT molecular complexity index is 1330. The van der Waals surface area contributed by atoms with Crippen LogP contribution in [0.2, 0.25) is 5.02 Å². The van der Waals surface area contributed by atoms with Crippen LogP contribution in [-0.2, 0) is 20.9 Å². The molecule has 3 N–H and O–H groups in total. The molecule has 38 heavy (non-hydrogen) atoms. The van der Waals surface area contributed by atoms with Crippen molar-refractivity contribution in [3.63, 3.8) is 0 Å². The van der Waals surface area contributed by atoms with E-state index in [-0.39, 0.29) is 19.1 Å². The van der Waals surface area contributed by atoms with Gasteiger partial charge in [-0.1, -0.05) is 47.5 Å². The minimum Gasteiger partial charge on any atom is -0.490 e. The Labute approximate surface area is 239 Å². The Morgan fingerprint density at radius 2 is 1.79 bits per heavy atom. The van der Waals surface area contributed by atoms with Gasteiger partial charge in [0.05, 0.1) is 16.4 Å². The van der Waals surface area contributed by atoms with Gasteiger partial charge >= 0.3 is 11.8 Å². The van der Waals surface area contributed by atoms with E-state index in [9.17, 15) is 14.4 Å². The lowest BCUT2D eigenvalue weighted by Crippen LogP contribution is -2.37. The van der Waals surface area contributed by atoms with Crippen LogP contribution < -0.4 is 25.5 Å². The second-order valence-electron chi connectivity index (χ2n) is 7.98. The van der Waals surface area contributed by atoms with E-state index in [4.69, 9.17) is 21.1 Å². The predicted octanol–water partition coefficient (Wildman–Crippen LogP) is 4.44. The maximum Gasteiger partial charge on any atom is 0.329 e. The van der Waals surface area contributed by atoms with E-state index in [0.717, 1.165) is 11.1 Å². The van der Waals surface area contributed by atoms with E-state index in [1.807, 2.05) is 38.1 Å². The molecule has 198 valence electrons. The summed E-state index contributed by atoms with van der Waals surface area (Å²) in [5.41, 5.74) is 5.34. The molecule has 3 aromatic carbocycles. The summed E-state index contributed by atoms with van der Waals surface area (Å²) in [6, 6.07) is 17.8. The molecular weight excluding hydrogens is 623 g/mol. The minimum atomic E-state index is -0.890. The average molecular weight is 649 g/mol. The highest BCUT2D eigenvalue weighted by Gasteiger charge is 2.15. The van der Waals surface area contributed by atoms with Gasteiger partial charge in [0.15, 0.2) is 18.1 Å². The highest BCUT2D eigenvalue weighted by molar-refractivity contribution is 14.1. The number of rotatable bonds is 10. The van der Waals surface area contributed by atoms with Gasteiger partial charge in [0, 0.05) is 17.3 Å². The predicted molar refractivity (Wildman–Crippen MR) is 155 cm³/mol. The van der Waals surface area contributed by atoms with Crippen LogP contribution in [0.25, 0.3) is 0 Å². The monoisotopic (exact) mass is 648 g/mol. The number of anilines is 1. The van der Waals surface area contributed by atoms with Crippen molar-refractivity contribution in [2.45, 2.75) is 20.4 Å². The molecule has 0 aromatic heterocycles. The highest BCUT2D eigenvalue weighted by Crippen LogP contribution is 2.34. The molecule has 0 aliphatic heterocycles. The fourth-order valence-corrected chi connectivity index (χ4v) is 4.12. The van der Waals surface area contributed by atoms with Crippen molar-refractivity contribution >= 4 is 63.8 Å². The Balaban J connectivity index is 1.57. The molecule has 0 unspecified atom stereocenters. The molecule has 0 heterocycles. The molecular formula is C27H26ClIN4O5. The third kappa shape index (κ3) is 9.03. The van der Waals surface area contributed by atoms with E-state index in [1.165, 1.54) is 6.21 Å². The number of amides is 3. The van der Waals surface area contributed by atoms with E-state index in [2.05, 4.69) is 43.8 Å². The lowest BCUT2D eigenvalue weighted by atomic mass is 10.1. The zero-order chi connectivity index (χ0) is 27.5. The number of ether oxygens (including phenoxy) is 2. The molecule has 0 aliphatic carbocycles. The first-order valence-corrected chi connectivity index (χ1v) is 13.0. The second-order valence-corrected chi connectivity index (χ2v) is 9.58. The summed E-state index contributed by atoms with van der Waals surface area (Å²) in [6.07, 6.45) is 1.38. The lowest BCUT2D eigenvalue weighted by Gasteiger charge is -2.14. The molecule has 3 aromatic rings. The van der Waals surface area contributed by atoms with Gasteiger partial charge in [0.1, 0.15) is 0 Å². The standard InChI is InChI=1S/C27H26ClIN4O5/c1-3-37-23-12-19(15-31-33-27(36)26(35)30-14-18-9-7-17(2)8-10-18)11-22(29)25(23)38-16-24(34)32-21-6-4-5-20(28)13-21/h4-13,15H,3,14,16H2,1-2H3,(H,30,35)(H,32,34)(H,33,36)/b31-15-. The van der Waals surface area contributed by atoms with Crippen molar-refractivity contribution in [2.75, 3.05) is 18.5 Å². The molecule has 0 aliphatic rings. The first kappa shape index (κ1) is 28.9. The number of hydrogen-bond donors (Lipinski definition) is 3. The molecule has 11 heteroatoms. The van der Waals surface area contributed by atoms with Crippen LogP contribution in [0, 0.1) is 10.5 Å². The van der Waals surface area contributed by atoms with Gasteiger partial charge < -0.3 is 20.1 Å². The number of hydrogen-bond acceptors (Lipinski definition) is 6. The van der Waals surface area contributed by atoms with Crippen LogP contribution in [0.15, 0.2) is 65.8 Å². The topological polar surface area (TPSA) is 118 Å². The molecule has 0 radical (unpaired) electrons. The number of hydrazone groups is 1. The normalized spacial score (nSPS) is 10.6. The molecule has 9 nitrogen and oxygen atoms in total. The molecule has 0 atom stereocenters. The number of benzene rings is 3. The largest absolute Gasteiger partial charge is 0.490 e. The van der Waals surface area contributed by atoms with E-state index in [0.29, 0.717) is 37.9 Å². The quantitative estimate of drug-likeness (QED) is 0.130. The molecule has 0 bridgehead atoms. The summed E-state index contributed by atoms with van der Waals surface area (Å²) >= 11 is 8.00. The zero-order valence-electron chi connectivity index (χ0n) is 20.7. The van der Waals surface area contributed by atoms with Crippen molar-refractivity contribution in [2.24, 2.45) is 5.10 Å². The second kappa shape index (κ2) is 14.3. The van der Waals surface area contributed by atoms with Gasteiger partial charge in [-0.15, -0.1) is 0 Å². The Hall–Kier alpha value is -3.64. The van der Waals surface area contributed by atoms with Crippen molar-refractivity contribution in [3.05, 3.63) is 85.9 Å². The summed E-state index contributed by atoms with van der Waals surface area (Å²) in [5.74, 6) is -1.26. The molecule has 3 amide bonds. The fraction of sp³-hybridized carbons (Fsp3) is 0.185. The molecule has 0 spiro atoms. The van der Waals surface area contributed by atoms with E-state index < -0.39 is 11.8 Å². The SMILES string of the molecule is CCOc1cc(/C=N\NC(=O)C(=O)NCc2ccc(C)cc2)cc(I)c1OCC(=O)Nc1cccc(Cl)c1. The van der Waals surface area contributed by atoms with Crippen molar-refractivity contribution < 1.29 is 23.9 Å². The van der Waals surface area contributed by atoms with Crippen LogP contribution >= 0.6 is 34.2 Å². The van der Waals surface area contributed by atoms with Gasteiger partial charge in [-0.25, -0.2) is 5.43 Å². The third-order valence-corrected chi connectivity index (χ3v) is 5.98. The summed E-state index contributed by atoms with van der Waals surface area (Å²) < 4.78 is 12.1. The van der Waals surface area contributed by atoms with Gasteiger partial charge in [0.2, 0.25) is 0 Å². The summed E-state index contributed by atoms with van der Waals surface area (Å²) in [5, 5.41) is 9.64. The van der Waals surface area contributed by atoms with Crippen LogP contribution in [-0.4, -0.2) is 37.1 Å². The molecule has 0 fully saturated rings. The van der Waals surface area contributed by atoms with Gasteiger partial charge in [-0.3, -0.25) is 14.4 Å². The molecule has 3 rings (SSSR count). The number of nitrogens with one attached hydrogen (secondary N) is 3. The number of halogens is 2. The van der Waals surface area contributed by atoms with Crippen LogP contribution in [0.5, 0.6) is 11.5 Å². The maximum atomic E-state index is 12.3. The number of carbonyl (C=O) groups is 3. The Morgan fingerprint density at radius 3 is 2.50 bits per heavy atom. The van der Waals surface area contributed by atoms with Crippen molar-refractivity contribution in [3.8, 4) is 11.5 Å². The van der Waals surface area contributed by atoms with Gasteiger partial charge in [-0.2, -0.15) is 5.10 Å². The van der Waals surface area contributed by atoms with Gasteiger partial charge in [-0.05, 0) is 77.9 Å². The highest BCUT2D eigenvalue weighted by atomic mass is 127. The maximum absolute atomic E-state index is 12.3. The first-order valence-electron chi connectivity index (χ1n) is 11.6. The molecule has 0 saturated carbocycles. The van der Waals surface area contributed by atoms with Gasteiger partial charge in [0.25, 0.3) is 5.91 Å².